The summed E-state index contributed by atoms with van der Waals surface area (Å²) in [6.07, 6.45) is 2.39. The Bertz CT molecular complexity index is 329. The lowest BCUT2D eigenvalue weighted by Crippen LogP contribution is -2.42. The normalized spacial score (nSPS) is 25.7. The molecule has 14 heavy (non-hydrogen) atoms. The zero-order valence-corrected chi connectivity index (χ0v) is 9.02. The molecular formula is C9H16N2O2S. The van der Waals surface area contributed by atoms with Crippen LogP contribution in [0.3, 0.4) is 0 Å². The zero-order chi connectivity index (χ0) is 10.0. The summed E-state index contributed by atoms with van der Waals surface area (Å²) in [4.78, 5) is 11.4. The predicted octanol–water partition coefficient (Wildman–Crippen LogP) is 0.384. The minimum atomic E-state index is -2.13. The van der Waals surface area contributed by atoms with Crippen LogP contribution >= 0.6 is 0 Å². The van der Waals surface area contributed by atoms with Crippen molar-refractivity contribution in [2.24, 2.45) is 10.3 Å². The van der Waals surface area contributed by atoms with E-state index in [0.29, 0.717) is 23.8 Å². The van der Waals surface area contributed by atoms with Crippen LogP contribution in [0.1, 0.15) is 19.3 Å². The third kappa shape index (κ3) is 2.33. The molecule has 0 unspecified atom stereocenters. The summed E-state index contributed by atoms with van der Waals surface area (Å²) >= 11 is 0. The van der Waals surface area contributed by atoms with Crippen molar-refractivity contribution < 1.29 is 9.00 Å². The van der Waals surface area contributed by atoms with Crippen LogP contribution in [0.4, 0.5) is 0 Å². The van der Waals surface area contributed by atoms with Crippen LogP contribution in [0.15, 0.2) is 4.36 Å². The fourth-order valence-electron chi connectivity index (χ4n) is 1.81. The van der Waals surface area contributed by atoms with Crippen molar-refractivity contribution in [3.05, 3.63) is 0 Å². The van der Waals surface area contributed by atoms with Crippen molar-refractivity contribution in [3.8, 4) is 0 Å². The number of nitrogens with zero attached hydrogens (tertiary/aromatic N) is 1. The van der Waals surface area contributed by atoms with Gasteiger partial charge in [-0.2, -0.15) is 4.36 Å². The third-order valence-corrected chi connectivity index (χ3v) is 5.16. The Labute approximate surface area is 84.6 Å². The van der Waals surface area contributed by atoms with Gasteiger partial charge in [0.05, 0.1) is 9.73 Å². The van der Waals surface area contributed by atoms with E-state index in [2.05, 4.69) is 9.68 Å². The highest BCUT2D eigenvalue weighted by atomic mass is 32.2. The zero-order valence-electron chi connectivity index (χ0n) is 8.20. The molecule has 80 valence electrons. The number of rotatable bonds is 2. The number of carbonyl (C=O) groups is 1. The average molecular weight is 216 g/mol. The van der Waals surface area contributed by atoms with Gasteiger partial charge in [0.1, 0.15) is 0 Å². The van der Waals surface area contributed by atoms with Crippen LogP contribution in [0.2, 0.25) is 0 Å². The number of carbonyl (C=O) groups excluding carboxylic acids is 1. The predicted molar refractivity (Wildman–Crippen MR) is 55.5 cm³/mol. The maximum atomic E-state index is 11.9. The maximum absolute atomic E-state index is 11.9. The second-order valence-electron chi connectivity index (χ2n) is 4.10. The van der Waals surface area contributed by atoms with Crippen molar-refractivity contribution >= 4 is 15.6 Å². The number of amides is 1. The SMILES string of the molecule is O=C(CC1CNC1)N=S1(=O)CCCC1. The summed E-state index contributed by atoms with van der Waals surface area (Å²) < 4.78 is 15.8. The van der Waals surface area contributed by atoms with Gasteiger partial charge in [-0.05, 0) is 31.8 Å². The fourth-order valence-corrected chi connectivity index (χ4v) is 3.95. The Morgan fingerprint density at radius 3 is 2.50 bits per heavy atom. The molecule has 0 aliphatic carbocycles. The quantitative estimate of drug-likeness (QED) is 0.726. The Morgan fingerprint density at radius 2 is 2.00 bits per heavy atom. The van der Waals surface area contributed by atoms with E-state index in [0.717, 1.165) is 25.9 Å². The van der Waals surface area contributed by atoms with Crippen LogP contribution in [0.25, 0.3) is 0 Å². The molecule has 2 heterocycles. The summed E-state index contributed by atoms with van der Waals surface area (Å²) in [7, 11) is -2.13. The second kappa shape index (κ2) is 3.98. The van der Waals surface area contributed by atoms with Crippen LogP contribution < -0.4 is 5.32 Å². The Kier molecular flexibility index (Phi) is 2.88. The molecule has 0 bridgehead atoms. The van der Waals surface area contributed by atoms with E-state index < -0.39 is 9.73 Å². The van der Waals surface area contributed by atoms with Crippen LogP contribution in [0.5, 0.6) is 0 Å². The average Bonchev–Trinajstić information content (AvgIpc) is 2.44. The molecule has 0 aromatic carbocycles. The molecule has 2 fully saturated rings. The molecule has 2 saturated heterocycles. The van der Waals surface area contributed by atoms with E-state index >= 15 is 0 Å². The van der Waals surface area contributed by atoms with Gasteiger partial charge in [0, 0.05) is 17.9 Å². The van der Waals surface area contributed by atoms with Crippen LogP contribution in [-0.4, -0.2) is 34.7 Å². The summed E-state index contributed by atoms with van der Waals surface area (Å²) in [6.45, 7) is 1.81. The number of hydrogen-bond acceptors (Lipinski definition) is 3. The molecule has 0 aromatic heterocycles. The molecule has 2 aliphatic rings. The summed E-state index contributed by atoms with van der Waals surface area (Å²) in [5.41, 5.74) is 0. The molecule has 0 saturated carbocycles. The first-order chi connectivity index (χ1) is 6.68. The first kappa shape index (κ1) is 10.1. The highest BCUT2D eigenvalue weighted by Gasteiger charge is 2.22. The molecule has 2 rings (SSSR count). The van der Waals surface area contributed by atoms with Crippen LogP contribution in [0, 0.1) is 5.92 Å². The monoisotopic (exact) mass is 216 g/mol. The fraction of sp³-hybridized carbons (Fsp3) is 0.889. The minimum absolute atomic E-state index is 0.150. The first-order valence-electron chi connectivity index (χ1n) is 5.14. The summed E-state index contributed by atoms with van der Waals surface area (Å²) in [5, 5.41) is 3.10. The van der Waals surface area contributed by atoms with Crippen molar-refractivity contribution in [1.82, 2.24) is 5.32 Å². The first-order valence-corrected chi connectivity index (χ1v) is 6.99. The number of hydrogen-bond donors (Lipinski definition) is 1. The maximum Gasteiger partial charge on any atom is 0.254 e. The van der Waals surface area contributed by atoms with E-state index in [-0.39, 0.29) is 5.91 Å². The Morgan fingerprint density at radius 1 is 1.36 bits per heavy atom. The molecule has 4 nitrogen and oxygen atoms in total. The lowest BCUT2D eigenvalue weighted by atomic mass is 9.99. The Balaban J connectivity index is 1.94. The molecule has 0 radical (unpaired) electrons. The molecule has 0 atom stereocenters. The molecule has 2 aliphatic heterocycles. The summed E-state index contributed by atoms with van der Waals surface area (Å²) in [5.74, 6) is 1.53. The molecule has 0 aromatic rings. The smallest absolute Gasteiger partial charge is 0.254 e. The van der Waals surface area contributed by atoms with Gasteiger partial charge < -0.3 is 5.32 Å². The van der Waals surface area contributed by atoms with Crippen molar-refractivity contribution in [2.45, 2.75) is 19.3 Å². The minimum Gasteiger partial charge on any atom is -0.316 e. The van der Waals surface area contributed by atoms with Crippen molar-refractivity contribution in [2.75, 3.05) is 24.6 Å². The Hall–Kier alpha value is -0.420. The van der Waals surface area contributed by atoms with Gasteiger partial charge in [-0.15, -0.1) is 0 Å². The van der Waals surface area contributed by atoms with Gasteiger partial charge in [-0.3, -0.25) is 4.79 Å². The van der Waals surface area contributed by atoms with Gasteiger partial charge in [0.2, 0.25) is 0 Å². The van der Waals surface area contributed by atoms with E-state index in [1.807, 2.05) is 0 Å². The van der Waals surface area contributed by atoms with Crippen LogP contribution in [-0.2, 0) is 14.5 Å². The van der Waals surface area contributed by atoms with E-state index in [4.69, 9.17) is 0 Å². The van der Waals surface area contributed by atoms with E-state index in [1.165, 1.54) is 0 Å². The molecule has 5 heteroatoms. The van der Waals surface area contributed by atoms with Gasteiger partial charge >= 0.3 is 0 Å². The lowest BCUT2D eigenvalue weighted by molar-refractivity contribution is -0.118. The molecule has 0 spiro atoms. The second-order valence-corrected chi connectivity index (χ2v) is 6.65. The molecule has 1 N–H and O–H groups in total. The molecular weight excluding hydrogens is 200 g/mol. The van der Waals surface area contributed by atoms with Gasteiger partial charge in [0.25, 0.3) is 5.91 Å². The van der Waals surface area contributed by atoms with E-state index in [1.54, 1.807) is 0 Å². The third-order valence-electron chi connectivity index (χ3n) is 2.77. The van der Waals surface area contributed by atoms with Gasteiger partial charge in [-0.25, -0.2) is 4.21 Å². The molecule has 1 amide bonds. The van der Waals surface area contributed by atoms with E-state index in [9.17, 15) is 9.00 Å². The van der Waals surface area contributed by atoms with Gasteiger partial charge in [-0.1, -0.05) is 0 Å². The van der Waals surface area contributed by atoms with Gasteiger partial charge in [0.15, 0.2) is 0 Å². The summed E-state index contributed by atoms with van der Waals surface area (Å²) in [6, 6.07) is 0. The van der Waals surface area contributed by atoms with Crippen molar-refractivity contribution in [1.29, 1.82) is 0 Å². The number of nitrogens with one attached hydrogen (secondary N) is 1. The van der Waals surface area contributed by atoms with Crippen molar-refractivity contribution in [3.63, 3.8) is 0 Å². The largest absolute Gasteiger partial charge is 0.316 e. The highest BCUT2D eigenvalue weighted by molar-refractivity contribution is 7.94. The lowest BCUT2D eigenvalue weighted by Gasteiger charge is -2.25. The standard InChI is InChI=1S/C9H16N2O2S/c12-9(5-8-6-10-7-8)11-14(13)3-1-2-4-14/h8,10H,1-7H2. The highest BCUT2D eigenvalue weighted by Crippen LogP contribution is 2.15. The topological polar surface area (TPSA) is 58.5 Å².